The number of benzene rings is 2. The second-order valence-corrected chi connectivity index (χ2v) is 10.4. The first-order valence-corrected chi connectivity index (χ1v) is 13.3. The first kappa shape index (κ1) is 29.4. The van der Waals surface area contributed by atoms with Gasteiger partial charge in [0, 0.05) is 26.4 Å². The Labute approximate surface area is 234 Å². The van der Waals surface area contributed by atoms with Gasteiger partial charge in [-0.3, -0.25) is 0 Å². The van der Waals surface area contributed by atoms with E-state index in [9.17, 15) is 13.6 Å². The van der Waals surface area contributed by atoms with E-state index in [1.807, 2.05) is 0 Å². The van der Waals surface area contributed by atoms with E-state index in [1.54, 1.807) is 37.3 Å². The van der Waals surface area contributed by atoms with Crippen LogP contribution in [0.25, 0.3) is 0 Å². The van der Waals surface area contributed by atoms with Crippen molar-refractivity contribution in [2.24, 2.45) is 5.92 Å². The fraction of sp³-hybridized carbons (Fsp3) is 0.296. The van der Waals surface area contributed by atoms with E-state index in [1.165, 1.54) is 24.3 Å². The summed E-state index contributed by atoms with van der Waals surface area (Å²) in [5.74, 6) is 0.398. The Hall–Kier alpha value is -2.19. The molecule has 0 amide bonds. The Bertz CT molecular complexity index is 1180. The highest BCUT2D eigenvalue weighted by Gasteiger charge is 2.26. The van der Waals surface area contributed by atoms with E-state index in [2.05, 4.69) is 11.3 Å². The van der Waals surface area contributed by atoms with Crippen LogP contribution in [0.2, 0.25) is 5.02 Å². The molecule has 10 heteroatoms. The molecular weight excluding hydrogens is 565 g/mol. The van der Waals surface area contributed by atoms with Crippen LogP contribution in [0, 0.1) is 5.92 Å². The van der Waals surface area contributed by atoms with E-state index < -0.39 is 18.0 Å². The average Bonchev–Trinajstić information content (AvgIpc) is 3.69. The minimum Gasteiger partial charge on any atom is -0.489 e. The molecule has 0 N–H and O–H groups in total. The summed E-state index contributed by atoms with van der Waals surface area (Å²) in [6.07, 6.45) is 4.33. The Morgan fingerprint density at radius 1 is 1.19 bits per heavy atom. The third kappa shape index (κ3) is 9.25. The molecule has 1 aliphatic carbocycles. The second kappa shape index (κ2) is 14.1. The summed E-state index contributed by atoms with van der Waals surface area (Å²) in [6, 6.07) is 11.2. The first-order valence-electron chi connectivity index (χ1n) is 11.4. The minimum absolute atomic E-state index is 0.0903. The fourth-order valence-corrected chi connectivity index (χ4v) is 4.66. The topological polar surface area (TPSA) is 44.8 Å². The maximum Gasteiger partial charge on any atom is 0.387 e. The zero-order valence-corrected chi connectivity index (χ0v) is 23.0. The van der Waals surface area contributed by atoms with Crippen molar-refractivity contribution in [1.82, 2.24) is 0 Å². The number of hydrogen-bond donors (Lipinski definition) is 0. The predicted octanol–water partition coefficient (Wildman–Crippen LogP) is 9.91. The van der Waals surface area contributed by atoms with Crippen LogP contribution in [0.3, 0.4) is 0 Å². The van der Waals surface area contributed by atoms with E-state index in [0.29, 0.717) is 38.6 Å². The van der Waals surface area contributed by atoms with E-state index in [0.717, 1.165) is 24.6 Å². The molecule has 3 rings (SSSR count). The molecule has 1 aliphatic rings. The summed E-state index contributed by atoms with van der Waals surface area (Å²) in [5, 5.41) is 0.515. The molecule has 2 aromatic rings. The lowest BCUT2D eigenvalue weighted by atomic mass is 9.99. The van der Waals surface area contributed by atoms with E-state index in [-0.39, 0.29) is 23.0 Å². The molecular formula is C27H25Cl3F2O4S. The highest BCUT2D eigenvalue weighted by Crippen LogP contribution is 2.40. The van der Waals surface area contributed by atoms with Crippen molar-refractivity contribution in [3.05, 3.63) is 87.4 Å². The maximum absolute atomic E-state index is 13.0. The molecule has 1 fully saturated rings. The third-order valence-corrected chi connectivity index (χ3v) is 7.18. The summed E-state index contributed by atoms with van der Waals surface area (Å²) in [7, 11) is 0. The van der Waals surface area contributed by atoms with Gasteiger partial charge < -0.3 is 14.2 Å². The molecule has 2 aromatic carbocycles. The van der Waals surface area contributed by atoms with Gasteiger partial charge in [-0.2, -0.15) is 8.78 Å². The Morgan fingerprint density at radius 3 is 2.57 bits per heavy atom. The number of hydrogen-bond acceptors (Lipinski definition) is 5. The fourth-order valence-electron chi connectivity index (χ4n) is 3.31. The lowest BCUT2D eigenvalue weighted by molar-refractivity contribution is -0.0515. The number of carbonyl (C=O) groups is 1. The highest BCUT2D eigenvalue weighted by atomic mass is 35.5. The van der Waals surface area contributed by atoms with Crippen molar-refractivity contribution in [3.63, 3.8) is 0 Å². The van der Waals surface area contributed by atoms with E-state index >= 15 is 0 Å². The lowest BCUT2D eigenvalue weighted by Crippen LogP contribution is -2.11. The summed E-state index contributed by atoms with van der Waals surface area (Å²) in [5.41, 5.74) is 0.985. The normalized spacial score (nSPS) is 15.2. The Kier molecular flexibility index (Phi) is 11.2. The van der Waals surface area contributed by atoms with Gasteiger partial charge in [-0.25, -0.2) is 4.79 Å². The molecule has 0 aliphatic heterocycles. The van der Waals surface area contributed by atoms with Gasteiger partial charge in [-0.05, 0) is 78.9 Å². The second-order valence-electron chi connectivity index (χ2n) is 8.13. The molecule has 0 heterocycles. The number of rotatable bonds is 12. The molecule has 0 saturated heterocycles. The lowest BCUT2D eigenvalue weighted by Gasteiger charge is -2.22. The van der Waals surface area contributed by atoms with Crippen LogP contribution in [0.1, 0.15) is 37.9 Å². The molecule has 198 valence electrons. The number of allylic oxidation sites excluding steroid dienone is 4. The quantitative estimate of drug-likeness (QED) is 0.140. The van der Waals surface area contributed by atoms with Gasteiger partial charge in [0.2, 0.25) is 0 Å². The van der Waals surface area contributed by atoms with Crippen LogP contribution in [0.5, 0.6) is 11.5 Å². The molecule has 0 unspecified atom stereocenters. The molecule has 1 saturated carbocycles. The van der Waals surface area contributed by atoms with Gasteiger partial charge in [0.1, 0.15) is 6.10 Å². The van der Waals surface area contributed by atoms with Crippen molar-refractivity contribution in [1.29, 1.82) is 0 Å². The summed E-state index contributed by atoms with van der Waals surface area (Å²) in [6.45, 7) is 2.79. The predicted molar refractivity (Wildman–Crippen MR) is 145 cm³/mol. The number of ether oxygens (including phenoxy) is 3. The molecule has 1 atom stereocenters. The van der Waals surface area contributed by atoms with Crippen molar-refractivity contribution < 1.29 is 27.8 Å². The average molecular weight is 590 g/mol. The highest BCUT2D eigenvalue weighted by molar-refractivity contribution is 8.13. The zero-order valence-electron chi connectivity index (χ0n) is 19.9. The Balaban J connectivity index is 1.95. The zero-order chi connectivity index (χ0) is 26.9. The van der Waals surface area contributed by atoms with Crippen molar-refractivity contribution in [3.8, 4) is 11.5 Å². The van der Waals surface area contributed by atoms with Crippen LogP contribution in [0.4, 0.5) is 13.6 Å². The molecule has 37 heavy (non-hydrogen) atoms. The first-order chi connectivity index (χ1) is 17.7. The maximum atomic E-state index is 13.0. The van der Waals surface area contributed by atoms with Crippen LogP contribution < -0.4 is 9.47 Å². The van der Waals surface area contributed by atoms with Gasteiger partial charge in [0.05, 0.1) is 6.61 Å². The Morgan fingerprint density at radius 2 is 1.95 bits per heavy atom. The minimum atomic E-state index is -3.02. The van der Waals surface area contributed by atoms with Crippen LogP contribution in [-0.4, -0.2) is 18.5 Å². The van der Waals surface area contributed by atoms with Crippen molar-refractivity contribution in [2.75, 3.05) is 6.61 Å². The molecule has 0 radical (unpaired) electrons. The largest absolute Gasteiger partial charge is 0.489 e. The van der Waals surface area contributed by atoms with Gasteiger partial charge in [-0.15, -0.1) is 0 Å². The standard InChI is InChI=1S/C27H25Cl3F2O4S/c1-3-21(29)20(22(30)4-2)14-24(36-27(33)37-19-7-5-6-18(28)13-19)17-10-11-23(35-26(31)32)25(12-17)34-15-16-8-9-16/h3-7,10-13,16,24,26H,1,8-9,14-15H2,2H3/b21-20+,22-4+/t24-/m0/s1. The van der Waals surface area contributed by atoms with E-state index in [4.69, 9.17) is 44.3 Å². The summed E-state index contributed by atoms with van der Waals surface area (Å²) < 4.78 is 42.3. The number of halogens is 5. The van der Waals surface area contributed by atoms with Crippen molar-refractivity contribution in [2.45, 2.75) is 43.8 Å². The van der Waals surface area contributed by atoms with Gasteiger partial charge in [0.25, 0.3) is 0 Å². The van der Waals surface area contributed by atoms with Crippen LogP contribution >= 0.6 is 46.6 Å². The molecule has 0 aromatic heterocycles. The van der Waals surface area contributed by atoms with Crippen LogP contribution in [0.15, 0.2) is 81.7 Å². The number of carbonyl (C=O) groups excluding carboxylic acids is 1. The van der Waals surface area contributed by atoms with Crippen molar-refractivity contribution >= 4 is 51.9 Å². The smallest absolute Gasteiger partial charge is 0.387 e. The molecule has 0 spiro atoms. The SMILES string of the molecule is C=C/C(Cl)=C(C[C@H](OC(=O)Sc1cccc(Cl)c1)c1ccc(OC(F)F)c(OCC2CC2)c1)\C(Cl)=C/C. The van der Waals surface area contributed by atoms with Gasteiger partial charge >= 0.3 is 11.9 Å². The molecule has 0 bridgehead atoms. The third-order valence-electron chi connectivity index (χ3n) is 5.36. The number of alkyl halides is 2. The number of thioether (sulfide) groups is 1. The van der Waals surface area contributed by atoms with Crippen LogP contribution in [-0.2, 0) is 4.74 Å². The van der Waals surface area contributed by atoms with Gasteiger partial charge in [-0.1, -0.05) is 65.7 Å². The summed E-state index contributed by atoms with van der Waals surface area (Å²) >= 11 is 19.7. The van der Waals surface area contributed by atoms with Gasteiger partial charge in [0.15, 0.2) is 11.5 Å². The molecule has 4 nitrogen and oxygen atoms in total. The summed E-state index contributed by atoms with van der Waals surface area (Å²) in [4.78, 5) is 13.5. The monoisotopic (exact) mass is 588 g/mol.